The fourth-order valence-electron chi connectivity index (χ4n) is 7.50. The van der Waals surface area contributed by atoms with Crippen LogP contribution in [0.25, 0.3) is 11.0 Å². The fraction of sp³-hybridized carbons (Fsp3) is 0.526. The Morgan fingerprint density at radius 1 is 1.12 bits per heavy atom. The topological polar surface area (TPSA) is 118 Å². The van der Waals surface area contributed by atoms with E-state index in [1.165, 1.54) is 11.0 Å². The number of allylic oxidation sites excluding steroid dienone is 1. The van der Waals surface area contributed by atoms with Crippen molar-refractivity contribution in [2.75, 3.05) is 11.9 Å². The first-order valence-corrected chi connectivity index (χ1v) is 18.2. The lowest BCUT2D eigenvalue weighted by molar-refractivity contribution is -0.140. The van der Waals surface area contributed by atoms with Gasteiger partial charge in [-0.25, -0.2) is 4.39 Å². The van der Waals surface area contributed by atoms with Gasteiger partial charge < -0.3 is 25.6 Å². The number of nitrogens with one attached hydrogen (secondary N) is 3. The monoisotopic (exact) mass is 724 g/mol. The normalized spacial score (nSPS) is 28.2. The number of anilines is 1. The van der Waals surface area contributed by atoms with Crippen LogP contribution >= 0.6 is 0 Å². The number of alkyl halides is 3. The van der Waals surface area contributed by atoms with E-state index in [-0.39, 0.29) is 42.4 Å². The number of ether oxygens (including phenoxy) is 1. The van der Waals surface area contributed by atoms with Crippen molar-refractivity contribution >= 4 is 34.4 Å². The molecule has 3 N–H and O–H groups in total. The van der Waals surface area contributed by atoms with E-state index in [0.29, 0.717) is 31.5 Å². The number of benzene rings is 2. The number of aryl methyl sites for hydroxylation is 1. The van der Waals surface area contributed by atoms with Crippen LogP contribution in [-0.4, -0.2) is 68.0 Å². The Bertz CT molecular complexity index is 1890. The quantitative estimate of drug-likeness (QED) is 0.200. The Labute approximate surface area is 299 Å². The maximum absolute atomic E-state index is 14.5. The Morgan fingerprint density at radius 3 is 2.65 bits per heavy atom. The molecule has 0 spiro atoms. The first-order valence-electron chi connectivity index (χ1n) is 18.2. The van der Waals surface area contributed by atoms with Crippen molar-refractivity contribution in [1.82, 2.24) is 25.1 Å². The molecule has 4 aliphatic rings. The van der Waals surface area contributed by atoms with Crippen LogP contribution in [0.5, 0.6) is 6.01 Å². The molecule has 2 aliphatic heterocycles. The van der Waals surface area contributed by atoms with Crippen molar-refractivity contribution < 1.29 is 36.7 Å². The van der Waals surface area contributed by atoms with E-state index >= 15 is 0 Å². The molecule has 2 aromatic carbocycles. The molecule has 3 amide bonds. The highest BCUT2D eigenvalue weighted by Crippen LogP contribution is 2.47. The number of carbonyl (C=O) groups is 3. The zero-order valence-corrected chi connectivity index (χ0v) is 29.3. The van der Waals surface area contributed by atoms with E-state index in [0.717, 1.165) is 49.2 Å². The fourth-order valence-corrected chi connectivity index (χ4v) is 7.50. The molecule has 2 saturated carbocycles. The molecule has 52 heavy (non-hydrogen) atoms. The standard InChI is InChI=1S/C38H44F4N6O4/c1-3-47-30-14-10-9-12-28(30)44-35(47)52-25-20-31-32(49)45-37(34(51)46-36(2)17-18-36)21-23(37)11-7-5-4-6-8-13-29(33(50)48(31)22-25)43-24-15-16-27(39)26(19-24)38(40,41)42/h7,9-12,14-16,19,23,25,29,31,43H,3-6,8,13,17-18,20-22H2,1-2H3,(H,45,49)(H,46,51)/b11-7-/t23-,25-,29+,31+,37-/m1/s1. The number of imidazole rings is 1. The van der Waals surface area contributed by atoms with Gasteiger partial charge in [-0.1, -0.05) is 37.1 Å². The van der Waals surface area contributed by atoms with Crippen molar-refractivity contribution in [2.45, 2.75) is 114 Å². The predicted molar refractivity (Wildman–Crippen MR) is 186 cm³/mol. The number of hydrogen-bond donors (Lipinski definition) is 3. The van der Waals surface area contributed by atoms with Gasteiger partial charge in [-0.15, -0.1) is 0 Å². The maximum Gasteiger partial charge on any atom is 0.419 e. The number of carbonyl (C=O) groups excluding carboxylic acids is 3. The minimum atomic E-state index is -4.93. The van der Waals surface area contributed by atoms with Crippen LogP contribution in [0, 0.1) is 11.7 Å². The lowest BCUT2D eigenvalue weighted by Crippen LogP contribution is -2.58. The lowest BCUT2D eigenvalue weighted by Gasteiger charge is -2.30. The van der Waals surface area contributed by atoms with Crippen LogP contribution in [0.3, 0.4) is 0 Å². The third-order valence-electron chi connectivity index (χ3n) is 10.9. The second-order valence-electron chi connectivity index (χ2n) is 14.9. The minimum Gasteiger partial charge on any atom is -0.459 e. The van der Waals surface area contributed by atoms with Gasteiger partial charge in [0, 0.05) is 30.1 Å². The summed E-state index contributed by atoms with van der Waals surface area (Å²) in [5.74, 6) is -2.89. The number of nitrogens with zero attached hydrogens (tertiary/aromatic N) is 3. The summed E-state index contributed by atoms with van der Waals surface area (Å²) in [7, 11) is 0. The molecule has 1 saturated heterocycles. The van der Waals surface area contributed by atoms with Gasteiger partial charge in [0.15, 0.2) is 0 Å². The third kappa shape index (κ3) is 7.20. The zero-order valence-electron chi connectivity index (χ0n) is 29.3. The number of amides is 3. The van der Waals surface area contributed by atoms with Crippen molar-refractivity contribution in [1.29, 1.82) is 0 Å². The van der Waals surface area contributed by atoms with E-state index in [2.05, 4.69) is 20.9 Å². The van der Waals surface area contributed by atoms with Crippen LogP contribution in [0.15, 0.2) is 54.6 Å². The first-order chi connectivity index (χ1) is 24.8. The van der Waals surface area contributed by atoms with E-state index in [1.54, 1.807) is 0 Å². The van der Waals surface area contributed by atoms with Crippen LogP contribution in [0.2, 0.25) is 0 Å². The summed E-state index contributed by atoms with van der Waals surface area (Å²) in [4.78, 5) is 48.7. The second kappa shape index (κ2) is 13.7. The number of para-hydroxylation sites is 2. The molecule has 0 bridgehead atoms. The van der Waals surface area contributed by atoms with Gasteiger partial charge in [0.05, 0.1) is 23.1 Å². The Morgan fingerprint density at radius 2 is 1.90 bits per heavy atom. The van der Waals surface area contributed by atoms with E-state index < -0.39 is 53.1 Å². The molecule has 0 radical (unpaired) electrons. The average Bonchev–Trinajstić information content (AvgIpc) is 3.90. The Kier molecular flexibility index (Phi) is 9.45. The minimum absolute atomic E-state index is 0.000161. The number of aromatic nitrogens is 2. The van der Waals surface area contributed by atoms with Crippen LogP contribution in [-0.2, 0) is 27.1 Å². The van der Waals surface area contributed by atoms with Gasteiger partial charge >= 0.3 is 6.18 Å². The molecular formula is C38H44F4N6O4. The summed E-state index contributed by atoms with van der Waals surface area (Å²) >= 11 is 0. The molecule has 10 nitrogen and oxygen atoms in total. The van der Waals surface area contributed by atoms with Crippen molar-refractivity contribution in [3.05, 3.63) is 66.0 Å². The van der Waals surface area contributed by atoms with Gasteiger partial charge in [-0.3, -0.25) is 19.0 Å². The van der Waals surface area contributed by atoms with E-state index in [9.17, 15) is 31.9 Å². The van der Waals surface area contributed by atoms with Crippen LogP contribution < -0.4 is 20.7 Å². The maximum atomic E-state index is 14.5. The molecule has 14 heteroatoms. The zero-order chi connectivity index (χ0) is 36.8. The highest BCUT2D eigenvalue weighted by molar-refractivity contribution is 5.98. The summed E-state index contributed by atoms with van der Waals surface area (Å²) in [6.45, 7) is 4.49. The second-order valence-corrected chi connectivity index (χ2v) is 14.9. The Balaban J connectivity index is 1.21. The molecule has 3 heterocycles. The average molecular weight is 725 g/mol. The largest absolute Gasteiger partial charge is 0.459 e. The molecule has 2 aliphatic carbocycles. The molecule has 3 aromatic rings. The van der Waals surface area contributed by atoms with Gasteiger partial charge in [0.25, 0.3) is 6.01 Å². The van der Waals surface area contributed by atoms with Crippen LogP contribution in [0.1, 0.15) is 77.2 Å². The number of fused-ring (bicyclic) bond motifs is 3. The highest BCUT2D eigenvalue weighted by Gasteiger charge is 2.62. The van der Waals surface area contributed by atoms with Crippen molar-refractivity contribution in [3.63, 3.8) is 0 Å². The number of halogens is 4. The molecule has 0 unspecified atom stereocenters. The smallest absolute Gasteiger partial charge is 0.419 e. The molecular weight excluding hydrogens is 680 g/mol. The predicted octanol–water partition coefficient (Wildman–Crippen LogP) is 6.11. The molecule has 1 aromatic heterocycles. The number of hydrogen-bond acceptors (Lipinski definition) is 6. The summed E-state index contributed by atoms with van der Waals surface area (Å²) in [6, 6.07) is 8.39. The summed E-state index contributed by atoms with van der Waals surface area (Å²) in [5.41, 5.74) is -1.39. The van der Waals surface area contributed by atoms with Crippen LogP contribution in [0.4, 0.5) is 23.2 Å². The summed E-state index contributed by atoms with van der Waals surface area (Å²) in [5, 5.41) is 9.10. The van der Waals surface area contributed by atoms with E-state index in [1.807, 2.05) is 54.8 Å². The molecule has 7 rings (SSSR count). The van der Waals surface area contributed by atoms with E-state index in [4.69, 9.17) is 4.74 Å². The van der Waals surface area contributed by atoms with Gasteiger partial charge in [0.1, 0.15) is 29.5 Å². The number of rotatable bonds is 7. The van der Waals surface area contributed by atoms with Gasteiger partial charge in [0.2, 0.25) is 17.7 Å². The molecule has 5 atom stereocenters. The van der Waals surface area contributed by atoms with Gasteiger partial charge in [-0.2, -0.15) is 18.2 Å². The summed E-state index contributed by atoms with van der Waals surface area (Å²) < 4.78 is 63.4. The first kappa shape index (κ1) is 35.8. The third-order valence-corrected chi connectivity index (χ3v) is 10.9. The Hall–Kier alpha value is -4.62. The van der Waals surface area contributed by atoms with Crippen molar-refractivity contribution in [2.24, 2.45) is 5.92 Å². The SMILES string of the molecule is CCn1c(O[C@@H]2C[C@H]3C(=O)N[C@]4(C(=O)NC5(C)CC5)C[C@H]4/C=C\CCCCC[C@H](Nc4ccc(F)c(C(F)(F)F)c4)C(=O)N3C2)nc2ccccc21. The van der Waals surface area contributed by atoms with Gasteiger partial charge in [-0.05, 0) is 82.7 Å². The lowest BCUT2D eigenvalue weighted by atomic mass is 10.0. The van der Waals surface area contributed by atoms with Crippen molar-refractivity contribution in [3.8, 4) is 6.01 Å². The molecule has 278 valence electrons. The molecule has 3 fully saturated rings. The summed E-state index contributed by atoms with van der Waals surface area (Å²) in [6.07, 6.45) is 3.74. The highest BCUT2D eigenvalue weighted by atomic mass is 19.4.